The Morgan fingerprint density at radius 2 is 2.16 bits per heavy atom. The third-order valence-electron chi connectivity index (χ3n) is 2.89. The highest BCUT2D eigenvalue weighted by molar-refractivity contribution is 7.46. The number of nitrogens with two attached hydrogens (primary N) is 1. The first-order chi connectivity index (χ1) is 8.92. The number of phosphoric acid groups is 1. The van der Waals surface area contributed by atoms with Gasteiger partial charge < -0.3 is 10.3 Å². The van der Waals surface area contributed by atoms with E-state index in [0.717, 1.165) is 34.5 Å². The van der Waals surface area contributed by atoms with E-state index in [0.29, 0.717) is 5.13 Å². The summed E-state index contributed by atoms with van der Waals surface area (Å²) in [6.07, 6.45) is 1.61. The second kappa shape index (κ2) is 4.31. The molecule has 1 aromatic carbocycles. The van der Waals surface area contributed by atoms with Crippen molar-refractivity contribution in [3.8, 4) is 17.0 Å². The number of aryl methyl sites for hydroxylation is 2. The molecule has 0 amide bonds. The summed E-state index contributed by atoms with van der Waals surface area (Å²) >= 11 is 1.48. The fourth-order valence-electron chi connectivity index (χ4n) is 2.20. The summed E-state index contributed by atoms with van der Waals surface area (Å²) in [7, 11) is -4.52. The normalized spacial score (nSPS) is 13.8. The molecule has 0 saturated heterocycles. The van der Waals surface area contributed by atoms with Gasteiger partial charge in [-0.3, -0.25) is 9.79 Å². The lowest BCUT2D eigenvalue weighted by atomic mass is 9.93. The molecule has 3 rings (SSSR count). The Morgan fingerprint density at radius 1 is 1.37 bits per heavy atom. The molecule has 0 atom stereocenters. The number of thiazole rings is 1. The van der Waals surface area contributed by atoms with Gasteiger partial charge in [0.15, 0.2) is 5.13 Å². The highest BCUT2D eigenvalue weighted by Crippen LogP contribution is 2.42. The molecule has 0 bridgehead atoms. The molecule has 6 nitrogen and oxygen atoms in total. The maximum Gasteiger partial charge on any atom is 0.524 e. The average molecular weight is 298 g/mol. The van der Waals surface area contributed by atoms with Crippen LogP contribution in [0, 0.1) is 0 Å². The van der Waals surface area contributed by atoms with Crippen LogP contribution >= 0.6 is 19.2 Å². The van der Waals surface area contributed by atoms with Gasteiger partial charge in [0.25, 0.3) is 0 Å². The second-order valence-electron chi connectivity index (χ2n) is 4.22. The summed E-state index contributed by atoms with van der Waals surface area (Å²) in [6, 6.07) is 4.94. The number of nitrogens with zero attached hydrogens (tertiary/aromatic N) is 1. The molecule has 1 heterocycles. The van der Waals surface area contributed by atoms with Crippen molar-refractivity contribution in [1.29, 1.82) is 0 Å². The summed E-state index contributed by atoms with van der Waals surface area (Å²) in [5, 5.41) is 0.536. The van der Waals surface area contributed by atoms with Crippen molar-refractivity contribution in [3.63, 3.8) is 0 Å². The highest BCUT2D eigenvalue weighted by Gasteiger charge is 2.22. The van der Waals surface area contributed by atoms with Gasteiger partial charge in [-0.2, -0.15) is 0 Å². The van der Waals surface area contributed by atoms with Gasteiger partial charge in [-0.25, -0.2) is 9.55 Å². The van der Waals surface area contributed by atoms with E-state index in [1.165, 1.54) is 17.4 Å². The van der Waals surface area contributed by atoms with E-state index in [1.54, 1.807) is 12.1 Å². The van der Waals surface area contributed by atoms with E-state index >= 15 is 0 Å². The number of aromatic nitrogens is 1. The molecule has 1 aliphatic carbocycles. The van der Waals surface area contributed by atoms with Crippen molar-refractivity contribution in [2.75, 3.05) is 5.73 Å². The van der Waals surface area contributed by atoms with Crippen molar-refractivity contribution in [3.05, 3.63) is 28.6 Å². The molecular weight excluding hydrogens is 287 g/mol. The van der Waals surface area contributed by atoms with Crippen LogP contribution in [-0.2, 0) is 17.4 Å². The predicted octanol–water partition coefficient (Wildman–Crippen LogP) is 1.96. The average Bonchev–Trinajstić information content (AvgIpc) is 2.67. The van der Waals surface area contributed by atoms with E-state index in [1.807, 2.05) is 0 Å². The molecule has 100 valence electrons. The third kappa shape index (κ3) is 2.50. The van der Waals surface area contributed by atoms with Crippen LogP contribution < -0.4 is 10.3 Å². The molecule has 1 aromatic heterocycles. The maximum atomic E-state index is 10.8. The Balaban J connectivity index is 2.02. The largest absolute Gasteiger partial charge is 0.524 e. The Labute approximate surface area is 113 Å². The summed E-state index contributed by atoms with van der Waals surface area (Å²) in [6.45, 7) is 0. The second-order valence-corrected chi connectivity index (χ2v) is 6.50. The first-order valence-corrected chi connectivity index (χ1v) is 7.91. The minimum atomic E-state index is -4.52. The standard InChI is InChI=1S/C11H11N2O4PS/c12-11-13-10-8-3-2-7(17-18(14,15)16)5-6(8)1-4-9(10)19-11/h2-3,5H,1,4H2,(H2,12,13)(H2,14,15,16). The highest BCUT2D eigenvalue weighted by atomic mass is 32.1. The molecule has 0 aliphatic heterocycles. The van der Waals surface area contributed by atoms with E-state index in [-0.39, 0.29) is 5.75 Å². The van der Waals surface area contributed by atoms with Crippen LogP contribution in [0.15, 0.2) is 18.2 Å². The van der Waals surface area contributed by atoms with Gasteiger partial charge in [-0.15, -0.1) is 11.3 Å². The lowest BCUT2D eigenvalue weighted by Gasteiger charge is -2.16. The third-order valence-corrected chi connectivity index (χ3v) is 4.28. The van der Waals surface area contributed by atoms with Gasteiger partial charge in [-0.05, 0) is 36.6 Å². The monoisotopic (exact) mass is 298 g/mol. The number of hydrogen-bond acceptors (Lipinski definition) is 5. The number of fused-ring (bicyclic) bond motifs is 3. The summed E-state index contributed by atoms with van der Waals surface area (Å²) in [5.41, 5.74) is 8.49. The lowest BCUT2D eigenvalue weighted by Crippen LogP contribution is -2.02. The SMILES string of the molecule is Nc1nc2c(s1)CCc1cc(OP(=O)(O)O)ccc1-2. The fourth-order valence-corrected chi connectivity index (χ4v) is 3.43. The molecule has 8 heteroatoms. The maximum absolute atomic E-state index is 10.8. The zero-order chi connectivity index (χ0) is 13.6. The van der Waals surface area contributed by atoms with Crippen LogP contribution in [0.2, 0.25) is 0 Å². The predicted molar refractivity (Wildman–Crippen MR) is 72.0 cm³/mol. The van der Waals surface area contributed by atoms with Crippen LogP contribution in [0.5, 0.6) is 5.75 Å². The van der Waals surface area contributed by atoms with E-state index in [4.69, 9.17) is 15.5 Å². The number of rotatable bonds is 2. The molecule has 0 unspecified atom stereocenters. The van der Waals surface area contributed by atoms with E-state index in [2.05, 4.69) is 9.51 Å². The number of phosphoric ester groups is 1. The zero-order valence-electron chi connectivity index (χ0n) is 9.74. The van der Waals surface area contributed by atoms with Gasteiger partial charge >= 0.3 is 7.82 Å². The van der Waals surface area contributed by atoms with Crippen LogP contribution in [0.1, 0.15) is 10.4 Å². The molecule has 1 aliphatic rings. The van der Waals surface area contributed by atoms with Crippen LogP contribution in [0.3, 0.4) is 0 Å². The quantitative estimate of drug-likeness (QED) is 0.732. The molecule has 4 N–H and O–H groups in total. The summed E-state index contributed by atoms with van der Waals surface area (Å²) in [4.78, 5) is 23.0. The first-order valence-electron chi connectivity index (χ1n) is 5.56. The van der Waals surface area contributed by atoms with Crippen molar-refractivity contribution < 1.29 is 18.9 Å². The molecule has 2 aromatic rings. The number of anilines is 1. The molecule has 0 fully saturated rings. The Hall–Kier alpha value is -1.40. The fraction of sp³-hybridized carbons (Fsp3) is 0.182. The van der Waals surface area contributed by atoms with Crippen molar-refractivity contribution >= 4 is 24.3 Å². The number of benzene rings is 1. The zero-order valence-corrected chi connectivity index (χ0v) is 11.4. The van der Waals surface area contributed by atoms with Crippen LogP contribution in [-0.4, -0.2) is 14.8 Å². The number of nitrogen functional groups attached to an aromatic ring is 1. The first kappa shape index (κ1) is 12.6. The topological polar surface area (TPSA) is 106 Å². The minimum absolute atomic E-state index is 0.165. The van der Waals surface area contributed by atoms with Crippen LogP contribution in [0.4, 0.5) is 5.13 Å². The van der Waals surface area contributed by atoms with Gasteiger partial charge in [0.05, 0.1) is 5.69 Å². The van der Waals surface area contributed by atoms with Crippen molar-refractivity contribution in [2.45, 2.75) is 12.8 Å². The Morgan fingerprint density at radius 3 is 2.89 bits per heavy atom. The molecular formula is C11H11N2O4PS. The summed E-state index contributed by atoms with van der Waals surface area (Å²) in [5.74, 6) is 0.165. The van der Waals surface area contributed by atoms with E-state index in [9.17, 15) is 4.57 Å². The summed E-state index contributed by atoms with van der Waals surface area (Å²) < 4.78 is 15.4. The van der Waals surface area contributed by atoms with Gasteiger partial charge in [-0.1, -0.05) is 0 Å². The lowest BCUT2D eigenvalue weighted by molar-refractivity contribution is 0.283. The van der Waals surface area contributed by atoms with Crippen LogP contribution in [0.25, 0.3) is 11.3 Å². The van der Waals surface area contributed by atoms with Crippen molar-refractivity contribution in [2.24, 2.45) is 0 Å². The molecule has 0 spiro atoms. The van der Waals surface area contributed by atoms with Gasteiger partial charge in [0, 0.05) is 10.4 Å². The number of hydrogen-bond donors (Lipinski definition) is 3. The van der Waals surface area contributed by atoms with Crippen molar-refractivity contribution in [1.82, 2.24) is 4.98 Å². The van der Waals surface area contributed by atoms with Gasteiger partial charge in [0.2, 0.25) is 0 Å². The molecule has 0 radical (unpaired) electrons. The molecule has 0 saturated carbocycles. The minimum Gasteiger partial charge on any atom is -0.404 e. The van der Waals surface area contributed by atoms with E-state index < -0.39 is 7.82 Å². The Kier molecular flexibility index (Phi) is 2.87. The van der Waals surface area contributed by atoms with Gasteiger partial charge in [0.1, 0.15) is 5.75 Å². The smallest absolute Gasteiger partial charge is 0.404 e. The Bertz CT molecular complexity index is 694. The molecule has 19 heavy (non-hydrogen) atoms.